The van der Waals surface area contributed by atoms with Gasteiger partial charge in [0.25, 0.3) is 5.91 Å². The first-order valence-corrected chi connectivity index (χ1v) is 8.37. The average molecular weight is 354 g/mol. The molecule has 2 aromatic rings. The van der Waals surface area contributed by atoms with Crippen LogP contribution in [0.15, 0.2) is 54.6 Å². The van der Waals surface area contributed by atoms with E-state index in [0.29, 0.717) is 18.7 Å². The molecule has 26 heavy (non-hydrogen) atoms. The summed E-state index contributed by atoms with van der Waals surface area (Å²) in [5.41, 5.74) is 1.99. The Morgan fingerprint density at radius 3 is 2.23 bits per heavy atom. The van der Waals surface area contributed by atoms with Crippen LogP contribution in [-0.4, -0.2) is 30.9 Å². The molecule has 136 valence electrons. The Hall–Kier alpha value is -3.15. The molecule has 0 radical (unpaired) electrons. The van der Waals surface area contributed by atoms with Gasteiger partial charge in [-0.05, 0) is 36.8 Å². The van der Waals surface area contributed by atoms with Crippen LogP contribution in [0.5, 0.6) is 0 Å². The van der Waals surface area contributed by atoms with E-state index in [1.165, 1.54) is 6.92 Å². The van der Waals surface area contributed by atoms with Crippen molar-refractivity contribution in [2.24, 2.45) is 0 Å². The number of nitrogens with zero attached hydrogens (tertiary/aromatic N) is 1. The van der Waals surface area contributed by atoms with Crippen molar-refractivity contribution >= 4 is 23.5 Å². The number of nitrogens with one attached hydrogen (secondary N) is 1. The fraction of sp³-hybridized carbons (Fsp3) is 0.250. The molecule has 0 fully saturated rings. The number of esters is 1. The first-order valence-electron chi connectivity index (χ1n) is 8.37. The lowest BCUT2D eigenvalue weighted by Crippen LogP contribution is -2.34. The van der Waals surface area contributed by atoms with Gasteiger partial charge in [-0.15, -0.1) is 0 Å². The van der Waals surface area contributed by atoms with Crippen molar-refractivity contribution in [3.05, 3.63) is 65.7 Å². The van der Waals surface area contributed by atoms with E-state index in [9.17, 15) is 14.4 Å². The molecule has 0 unspecified atom stereocenters. The molecule has 1 N–H and O–H groups in total. The van der Waals surface area contributed by atoms with Crippen molar-refractivity contribution in [2.75, 3.05) is 18.1 Å². The van der Waals surface area contributed by atoms with Gasteiger partial charge in [-0.3, -0.25) is 9.59 Å². The van der Waals surface area contributed by atoms with E-state index in [0.717, 1.165) is 11.3 Å². The number of para-hydroxylation sites is 1. The molecule has 0 aliphatic carbocycles. The van der Waals surface area contributed by atoms with E-state index in [1.54, 1.807) is 29.2 Å². The number of carbonyl (C=O) groups is 3. The smallest absolute Gasteiger partial charge is 0.338 e. The third-order valence-electron chi connectivity index (χ3n) is 3.74. The Labute approximate surface area is 152 Å². The zero-order valence-electron chi connectivity index (χ0n) is 14.9. The Morgan fingerprint density at radius 1 is 1.00 bits per heavy atom. The van der Waals surface area contributed by atoms with Gasteiger partial charge in [-0.1, -0.05) is 30.3 Å². The molecule has 0 heterocycles. The predicted octanol–water partition coefficient (Wildman–Crippen LogP) is 2.53. The average Bonchev–Trinajstić information content (AvgIpc) is 2.66. The van der Waals surface area contributed by atoms with Crippen molar-refractivity contribution in [1.82, 2.24) is 5.32 Å². The summed E-state index contributed by atoms with van der Waals surface area (Å²) in [6.45, 7) is 3.86. The fourth-order valence-corrected chi connectivity index (χ4v) is 2.38. The number of likely N-dealkylation sites (N-methyl/N-ethyl adjacent to an activating group) is 1. The molecule has 0 saturated heterocycles. The summed E-state index contributed by atoms with van der Waals surface area (Å²) in [6.07, 6.45) is 0. The summed E-state index contributed by atoms with van der Waals surface area (Å²) >= 11 is 0. The second-order valence-corrected chi connectivity index (χ2v) is 5.66. The van der Waals surface area contributed by atoms with Crippen molar-refractivity contribution in [3.63, 3.8) is 0 Å². The molecule has 0 aromatic heterocycles. The van der Waals surface area contributed by atoms with Crippen LogP contribution in [0.2, 0.25) is 0 Å². The van der Waals surface area contributed by atoms with Crippen LogP contribution >= 0.6 is 0 Å². The summed E-state index contributed by atoms with van der Waals surface area (Å²) in [7, 11) is 0. The van der Waals surface area contributed by atoms with E-state index in [2.05, 4.69) is 5.32 Å². The van der Waals surface area contributed by atoms with Crippen LogP contribution in [-0.2, 0) is 20.9 Å². The largest absolute Gasteiger partial charge is 0.452 e. The van der Waals surface area contributed by atoms with Gasteiger partial charge in [0.15, 0.2) is 6.61 Å². The Kier molecular flexibility index (Phi) is 6.91. The highest BCUT2D eigenvalue weighted by Crippen LogP contribution is 2.13. The Bertz CT molecular complexity index is 757. The van der Waals surface area contributed by atoms with Gasteiger partial charge in [0.05, 0.1) is 5.56 Å². The number of rotatable bonds is 7. The standard InChI is InChI=1S/C20H22N2O4/c1-3-22(18-7-5-4-6-8-18)19(24)14-26-20(25)17-11-9-16(10-12-17)13-21-15(2)23/h4-12H,3,13-14H2,1-2H3,(H,21,23). The quantitative estimate of drug-likeness (QED) is 0.775. The molecule has 6 heteroatoms. The summed E-state index contributed by atoms with van der Waals surface area (Å²) in [5.74, 6) is -0.964. The molecule has 0 spiro atoms. The number of ether oxygens (including phenoxy) is 1. The summed E-state index contributed by atoms with van der Waals surface area (Å²) in [6, 6.07) is 15.9. The molecular formula is C20H22N2O4. The number of hydrogen-bond acceptors (Lipinski definition) is 4. The summed E-state index contributed by atoms with van der Waals surface area (Å²) < 4.78 is 5.13. The van der Waals surface area contributed by atoms with E-state index in [-0.39, 0.29) is 18.4 Å². The topological polar surface area (TPSA) is 75.7 Å². The lowest BCUT2D eigenvalue weighted by Gasteiger charge is -2.20. The van der Waals surface area contributed by atoms with Crippen LogP contribution in [0.3, 0.4) is 0 Å². The normalized spacial score (nSPS) is 10.1. The number of benzene rings is 2. The monoisotopic (exact) mass is 354 g/mol. The van der Waals surface area contributed by atoms with Gasteiger partial charge in [-0.2, -0.15) is 0 Å². The maximum atomic E-state index is 12.3. The molecule has 2 rings (SSSR count). The highest BCUT2D eigenvalue weighted by molar-refractivity contribution is 5.97. The maximum absolute atomic E-state index is 12.3. The van der Waals surface area contributed by atoms with Gasteiger partial charge in [0.1, 0.15) is 0 Å². The lowest BCUT2D eigenvalue weighted by atomic mass is 10.1. The highest BCUT2D eigenvalue weighted by atomic mass is 16.5. The molecule has 0 aliphatic heterocycles. The van der Waals surface area contributed by atoms with Crippen molar-refractivity contribution in [1.29, 1.82) is 0 Å². The van der Waals surface area contributed by atoms with Gasteiger partial charge in [-0.25, -0.2) is 4.79 Å². The second kappa shape index (κ2) is 9.36. The van der Waals surface area contributed by atoms with E-state index in [1.807, 2.05) is 37.3 Å². The van der Waals surface area contributed by atoms with Gasteiger partial charge >= 0.3 is 5.97 Å². The van der Waals surface area contributed by atoms with Gasteiger partial charge in [0.2, 0.25) is 5.91 Å². The molecular weight excluding hydrogens is 332 g/mol. The minimum absolute atomic E-state index is 0.120. The van der Waals surface area contributed by atoms with E-state index < -0.39 is 5.97 Å². The SMILES string of the molecule is CCN(C(=O)COC(=O)c1ccc(CNC(C)=O)cc1)c1ccccc1. The minimum Gasteiger partial charge on any atom is -0.452 e. The third kappa shape index (κ3) is 5.44. The molecule has 0 saturated carbocycles. The predicted molar refractivity (Wildman–Crippen MR) is 98.7 cm³/mol. The molecule has 2 aromatic carbocycles. The van der Waals surface area contributed by atoms with Crippen LogP contribution < -0.4 is 10.2 Å². The molecule has 0 atom stereocenters. The number of carbonyl (C=O) groups excluding carboxylic acids is 3. The first kappa shape index (κ1) is 19.2. The number of anilines is 1. The number of hydrogen-bond donors (Lipinski definition) is 1. The van der Waals surface area contributed by atoms with Gasteiger partial charge in [0, 0.05) is 25.7 Å². The van der Waals surface area contributed by atoms with Crippen LogP contribution in [0.25, 0.3) is 0 Å². The summed E-state index contributed by atoms with van der Waals surface area (Å²) in [4.78, 5) is 36.9. The summed E-state index contributed by atoms with van der Waals surface area (Å²) in [5, 5.41) is 2.68. The molecule has 0 bridgehead atoms. The van der Waals surface area contributed by atoms with E-state index in [4.69, 9.17) is 4.74 Å². The van der Waals surface area contributed by atoms with E-state index >= 15 is 0 Å². The van der Waals surface area contributed by atoms with Crippen LogP contribution in [0.1, 0.15) is 29.8 Å². The molecule has 0 aliphatic rings. The van der Waals surface area contributed by atoms with Gasteiger partial charge < -0.3 is 15.0 Å². The van der Waals surface area contributed by atoms with Crippen LogP contribution in [0.4, 0.5) is 5.69 Å². The Balaban J connectivity index is 1.91. The first-order chi connectivity index (χ1) is 12.5. The van der Waals surface area contributed by atoms with Crippen molar-refractivity contribution in [2.45, 2.75) is 20.4 Å². The third-order valence-corrected chi connectivity index (χ3v) is 3.74. The number of amides is 2. The minimum atomic E-state index is -0.562. The highest BCUT2D eigenvalue weighted by Gasteiger charge is 2.16. The fourth-order valence-electron chi connectivity index (χ4n) is 2.38. The van der Waals surface area contributed by atoms with Crippen molar-refractivity contribution in [3.8, 4) is 0 Å². The van der Waals surface area contributed by atoms with Crippen molar-refractivity contribution < 1.29 is 19.1 Å². The second-order valence-electron chi connectivity index (χ2n) is 5.66. The maximum Gasteiger partial charge on any atom is 0.338 e. The zero-order chi connectivity index (χ0) is 18.9. The molecule has 6 nitrogen and oxygen atoms in total. The zero-order valence-corrected chi connectivity index (χ0v) is 14.9. The van der Waals surface area contributed by atoms with Crippen LogP contribution in [0, 0.1) is 0 Å². The lowest BCUT2D eigenvalue weighted by molar-refractivity contribution is -0.121. The Morgan fingerprint density at radius 2 is 1.65 bits per heavy atom. The molecule has 2 amide bonds.